The maximum absolute atomic E-state index is 10.6. The van der Waals surface area contributed by atoms with E-state index >= 15 is 0 Å². The molecule has 68 valence electrons. The lowest BCUT2D eigenvalue weighted by Gasteiger charge is -1.99. The van der Waals surface area contributed by atoms with Crippen LogP contribution in [-0.4, -0.2) is 28.9 Å². The second-order valence-corrected chi connectivity index (χ2v) is 3.05. The first-order chi connectivity index (χ1) is 6.66. The minimum absolute atomic E-state index is 0.0249. The molecule has 0 fully saturated rings. The summed E-state index contributed by atoms with van der Waals surface area (Å²) in [6.45, 7) is 0. The van der Waals surface area contributed by atoms with Gasteiger partial charge in [-0.2, -0.15) is 0 Å². The maximum Gasteiger partial charge on any atom is 0.356 e. The molecule has 0 unspecified atom stereocenters. The summed E-state index contributed by atoms with van der Waals surface area (Å²) in [4.78, 5) is 18.6. The Morgan fingerprint density at radius 3 is 2.86 bits per heavy atom. The number of benzene rings is 1. The molecular weight excluding hydrogens is 179 g/mol. The van der Waals surface area contributed by atoms with Crippen molar-refractivity contribution in [2.45, 2.75) is 0 Å². The van der Waals surface area contributed by atoms with Gasteiger partial charge in [0.2, 0.25) is 0 Å². The van der Waals surface area contributed by atoms with Crippen LogP contribution in [0.1, 0.15) is 10.5 Å². The number of carbonyl (C=O) groups is 1. The highest BCUT2D eigenvalue weighted by Crippen LogP contribution is 2.06. The molecule has 0 amide bonds. The van der Waals surface area contributed by atoms with Crippen molar-refractivity contribution in [1.29, 1.82) is 0 Å². The second-order valence-electron chi connectivity index (χ2n) is 3.05. The molecule has 2 rings (SSSR count). The van der Waals surface area contributed by atoms with E-state index < -0.39 is 5.97 Å². The zero-order chi connectivity index (χ0) is 10.1. The lowest BCUT2D eigenvalue weighted by atomic mass is 9.96. The summed E-state index contributed by atoms with van der Waals surface area (Å²) in [5.74, 6) is -1.05. The summed E-state index contributed by atoms with van der Waals surface area (Å²) >= 11 is 0. The largest absolute Gasteiger partial charge is 0.476 e. The van der Waals surface area contributed by atoms with Gasteiger partial charge in [0, 0.05) is 0 Å². The third kappa shape index (κ3) is 1.44. The minimum atomic E-state index is -1.05. The third-order valence-corrected chi connectivity index (χ3v) is 1.92. The van der Waals surface area contributed by atoms with Crippen LogP contribution < -0.4 is 5.46 Å². The minimum Gasteiger partial charge on any atom is -0.476 e. The Bertz CT molecular complexity index is 513. The molecular formula is C9H7BN2O2. The summed E-state index contributed by atoms with van der Waals surface area (Å²) < 4.78 is 0. The molecule has 0 atom stereocenters. The molecule has 4 nitrogen and oxygen atoms in total. The molecule has 0 saturated heterocycles. The quantitative estimate of drug-likeness (QED) is 0.614. The van der Waals surface area contributed by atoms with Crippen LogP contribution in [0, 0.1) is 0 Å². The number of aromatic nitrogens is 2. The van der Waals surface area contributed by atoms with E-state index in [0.717, 1.165) is 5.46 Å². The highest BCUT2D eigenvalue weighted by atomic mass is 16.4. The van der Waals surface area contributed by atoms with E-state index in [1.165, 1.54) is 6.20 Å². The fourth-order valence-corrected chi connectivity index (χ4v) is 1.22. The Hall–Kier alpha value is -1.91. The van der Waals surface area contributed by atoms with Crippen molar-refractivity contribution >= 4 is 30.3 Å². The number of carboxylic acids is 1. The number of fused-ring (bicyclic) bond motifs is 1. The van der Waals surface area contributed by atoms with Crippen molar-refractivity contribution in [2.75, 3.05) is 0 Å². The smallest absolute Gasteiger partial charge is 0.356 e. The van der Waals surface area contributed by atoms with E-state index in [9.17, 15) is 4.79 Å². The highest BCUT2D eigenvalue weighted by Gasteiger charge is 2.05. The van der Waals surface area contributed by atoms with Gasteiger partial charge < -0.3 is 5.11 Å². The Labute approximate surface area is 81.0 Å². The average Bonchev–Trinajstić information content (AvgIpc) is 2.16. The average molecular weight is 186 g/mol. The van der Waals surface area contributed by atoms with Gasteiger partial charge in [-0.05, 0) is 12.1 Å². The summed E-state index contributed by atoms with van der Waals surface area (Å²) in [5, 5.41) is 8.71. The standard InChI is InChI=1S/C9H7BN2O2/c10-5-1-2-6-7(3-5)12-8(4-11-6)9(13)14/h1-4H,10H2,(H,13,14). The van der Waals surface area contributed by atoms with Crippen LogP contribution in [0.25, 0.3) is 11.0 Å². The lowest BCUT2D eigenvalue weighted by molar-refractivity contribution is 0.0690. The van der Waals surface area contributed by atoms with Gasteiger partial charge in [0.25, 0.3) is 0 Å². The SMILES string of the molecule is Bc1ccc2ncc(C(=O)O)nc2c1. The van der Waals surface area contributed by atoms with Gasteiger partial charge in [0.1, 0.15) is 7.85 Å². The molecule has 1 aromatic carbocycles. The Kier molecular flexibility index (Phi) is 1.92. The third-order valence-electron chi connectivity index (χ3n) is 1.92. The Morgan fingerprint density at radius 1 is 1.36 bits per heavy atom. The van der Waals surface area contributed by atoms with Crippen molar-refractivity contribution in [1.82, 2.24) is 9.97 Å². The number of nitrogens with zero attached hydrogens (tertiary/aromatic N) is 2. The number of carboxylic acid groups (broad SMARTS) is 1. The number of aromatic carboxylic acids is 1. The predicted octanol–water partition coefficient (Wildman–Crippen LogP) is -0.414. The van der Waals surface area contributed by atoms with E-state index in [1.807, 2.05) is 26.0 Å². The molecule has 5 heteroatoms. The summed E-state index contributed by atoms with van der Waals surface area (Å²) in [5.41, 5.74) is 2.34. The van der Waals surface area contributed by atoms with Gasteiger partial charge in [-0.1, -0.05) is 11.5 Å². The van der Waals surface area contributed by atoms with Crippen molar-refractivity contribution < 1.29 is 9.90 Å². The molecule has 14 heavy (non-hydrogen) atoms. The van der Waals surface area contributed by atoms with Crippen LogP contribution in [0.15, 0.2) is 24.4 Å². The topological polar surface area (TPSA) is 63.1 Å². The van der Waals surface area contributed by atoms with Gasteiger partial charge in [-0.3, -0.25) is 4.98 Å². The lowest BCUT2D eigenvalue weighted by Crippen LogP contribution is -2.05. The Morgan fingerprint density at radius 2 is 2.14 bits per heavy atom. The van der Waals surface area contributed by atoms with Gasteiger partial charge >= 0.3 is 5.97 Å². The predicted molar refractivity (Wildman–Crippen MR) is 54.7 cm³/mol. The van der Waals surface area contributed by atoms with Crippen LogP contribution in [0.3, 0.4) is 0 Å². The van der Waals surface area contributed by atoms with Crippen LogP contribution >= 0.6 is 0 Å². The van der Waals surface area contributed by atoms with Crippen molar-refractivity contribution in [2.24, 2.45) is 0 Å². The van der Waals surface area contributed by atoms with Crippen molar-refractivity contribution in [3.05, 3.63) is 30.1 Å². The van der Waals surface area contributed by atoms with Gasteiger partial charge in [0.05, 0.1) is 17.2 Å². The van der Waals surface area contributed by atoms with Crippen molar-refractivity contribution in [3.63, 3.8) is 0 Å². The van der Waals surface area contributed by atoms with Crippen LogP contribution in [-0.2, 0) is 0 Å². The van der Waals surface area contributed by atoms with Gasteiger partial charge in [-0.15, -0.1) is 0 Å². The molecule has 2 aromatic rings. The molecule has 0 bridgehead atoms. The number of rotatable bonds is 1. The van der Waals surface area contributed by atoms with Crippen LogP contribution in [0.5, 0.6) is 0 Å². The van der Waals surface area contributed by atoms with E-state index in [2.05, 4.69) is 9.97 Å². The monoisotopic (exact) mass is 186 g/mol. The van der Waals surface area contributed by atoms with E-state index in [0.29, 0.717) is 11.0 Å². The fraction of sp³-hybridized carbons (Fsp3) is 0. The molecule has 0 radical (unpaired) electrons. The molecule has 0 saturated carbocycles. The van der Waals surface area contributed by atoms with Gasteiger partial charge in [-0.25, -0.2) is 9.78 Å². The zero-order valence-electron chi connectivity index (χ0n) is 7.56. The zero-order valence-corrected chi connectivity index (χ0v) is 7.56. The molecule has 1 heterocycles. The number of hydrogen-bond donors (Lipinski definition) is 1. The first-order valence-corrected chi connectivity index (χ1v) is 4.13. The molecule has 1 aromatic heterocycles. The first-order valence-electron chi connectivity index (χ1n) is 4.13. The Balaban J connectivity index is 2.69. The van der Waals surface area contributed by atoms with Gasteiger partial charge in [0.15, 0.2) is 5.69 Å². The summed E-state index contributed by atoms with van der Waals surface area (Å²) in [6, 6.07) is 5.55. The summed E-state index contributed by atoms with van der Waals surface area (Å²) in [6.07, 6.45) is 1.26. The normalized spacial score (nSPS) is 10.3. The van der Waals surface area contributed by atoms with Crippen LogP contribution in [0.4, 0.5) is 0 Å². The number of hydrogen-bond acceptors (Lipinski definition) is 3. The second kappa shape index (κ2) is 3.10. The van der Waals surface area contributed by atoms with Crippen molar-refractivity contribution in [3.8, 4) is 0 Å². The van der Waals surface area contributed by atoms with E-state index in [1.54, 1.807) is 0 Å². The first kappa shape index (κ1) is 8.68. The molecule has 0 aliphatic heterocycles. The van der Waals surface area contributed by atoms with E-state index in [-0.39, 0.29) is 5.69 Å². The molecule has 1 N–H and O–H groups in total. The molecule has 0 aliphatic rings. The molecule has 0 spiro atoms. The molecule has 0 aliphatic carbocycles. The summed E-state index contributed by atoms with van der Waals surface area (Å²) in [7, 11) is 1.93. The highest BCUT2D eigenvalue weighted by molar-refractivity contribution is 6.33. The maximum atomic E-state index is 10.6. The fourth-order valence-electron chi connectivity index (χ4n) is 1.22. The van der Waals surface area contributed by atoms with Crippen LogP contribution in [0.2, 0.25) is 0 Å². The van der Waals surface area contributed by atoms with E-state index in [4.69, 9.17) is 5.11 Å².